The molecule has 0 atom stereocenters. The van der Waals surface area contributed by atoms with Gasteiger partial charge in [-0.1, -0.05) is 26.0 Å². The van der Waals surface area contributed by atoms with Gasteiger partial charge < -0.3 is 4.90 Å². The molecule has 0 aliphatic heterocycles. The zero-order valence-electron chi connectivity index (χ0n) is 9.34. The molecule has 0 spiro atoms. The van der Waals surface area contributed by atoms with Crippen molar-refractivity contribution in [3.63, 3.8) is 0 Å². The first-order valence-corrected chi connectivity index (χ1v) is 4.93. The van der Waals surface area contributed by atoms with Crippen LogP contribution >= 0.6 is 0 Å². The van der Waals surface area contributed by atoms with Crippen LogP contribution in [0.25, 0.3) is 0 Å². The molecule has 0 radical (unpaired) electrons. The van der Waals surface area contributed by atoms with E-state index in [-0.39, 0.29) is 11.7 Å². The largest absolute Gasteiger partial charge is 0.305 e. The normalized spacial score (nSPS) is 11.4. The number of hydrogen-bond donors (Lipinski definition) is 0. The van der Waals surface area contributed by atoms with Crippen molar-refractivity contribution >= 4 is 0 Å². The summed E-state index contributed by atoms with van der Waals surface area (Å²) in [5, 5.41) is 0. The van der Waals surface area contributed by atoms with E-state index in [0.29, 0.717) is 0 Å². The third-order valence-corrected chi connectivity index (χ3v) is 2.19. The molecule has 2 heteroatoms. The predicted octanol–water partition coefficient (Wildman–Crippen LogP) is 3.01. The minimum Gasteiger partial charge on any atom is -0.305 e. The van der Waals surface area contributed by atoms with Gasteiger partial charge in [0.2, 0.25) is 0 Å². The molecule has 14 heavy (non-hydrogen) atoms. The monoisotopic (exact) mass is 195 g/mol. The van der Waals surface area contributed by atoms with Gasteiger partial charge in [0.15, 0.2) is 0 Å². The van der Waals surface area contributed by atoms with Crippen LogP contribution in [0.2, 0.25) is 0 Å². The minimum atomic E-state index is -0.0839. The van der Waals surface area contributed by atoms with Crippen LogP contribution < -0.4 is 0 Å². The Morgan fingerprint density at radius 2 is 1.93 bits per heavy atom. The third kappa shape index (κ3) is 2.81. The summed E-state index contributed by atoms with van der Waals surface area (Å²) in [7, 11) is 3.96. The molecule has 0 N–H and O–H groups in total. The van der Waals surface area contributed by atoms with Crippen LogP contribution in [0, 0.1) is 5.82 Å². The van der Waals surface area contributed by atoms with E-state index in [0.717, 1.165) is 17.7 Å². The molecular weight excluding hydrogens is 177 g/mol. The van der Waals surface area contributed by atoms with Crippen molar-refractivity contribution in [2.24, 2.45) is 0 Å². The fraction of sp³-hybridized carbons (Fsp3) is 0.500. The molecule has 1 nitrogen and oxygen atoms in total. The van der Waals surface area contributed by atoms with Crippen LogP contribution in [0.15, 0.2) is 18.2 Å². The maximum absolute atomic E-state index is 13.5. The highest BCUT2D eigenvalue weighted by Crippen LogP contribution is 2.19. The second-order valence-corrected chi connectivity index (χ2v) is 4.25. The Morgan fingerprint density at radius 1 is 1.29 bits per heavy atom. The first-order chi connectivity index (χ1) is 6.50. The second-order valence-electron chi connectivity index (χ2n) is 4.25. The van der Waals surface area contributed by atoms with Gasteiger partial charge in [-0.05, 0) is 37.2 Å². The highest BCUT2D eigenvalue weighted by Gasteiger charge is 2.07. The van der Waals surface area contributed by atoms with Crippen molar-refractivity contribution in [2.45, 2.75) is 26.3 Å². The van der Waals surface area contributed by atoms with Crippen molar-refractivity contribution in [1.82, 2.24) is 4.90 Å². The lowest BCUT2D eigenvalue weighted by Gasteiger charge is -2.12. The molecule has 0 saturated heterocycles. The van der Waals surface area contributed by atoms with E-state index in [9.17, 15) is 4.39 Å². The molecule has 1 aromatic rings. The molecule has 78 valence electrons. The summed E-state index contributed by atoms with van der Waals surface area (Å²) in [6, 6.07) is 5.52. The molecule has 0 bridgehead atoms. The summed E-state index contributed by atoms with van der Waals surface area (Å²) < 4.78 is 13.5. The van der Waals surface area contributed by atoms with Crippen molar-refractivity contribution in [3.05, 3.63) is 35.1 Å². The van der Waals surface area contributed by atoms with Crippen molar-refractivity contribution in [2.75, 3.05) is 14.1 Å². The first-order valence-electron chi connectivity index (χ1n) is 4.93. The molecule has 1 rings (SSSR count). The van der Waals surface area contributed by atoms with Gasteiger partial charge in [0, 0.05) is 6.54 Å². The van der Waals surface area contributed by atoms with Crippen molar-refractivity contribution < 1.29 is 4.39 Å². The molecular formula is C12H18FN. The highest BCUT2D eigenvalue weighted by atomic mass is 19.1. The van der Waals surface area contributed by atoms with E-state index < -0.39 is 0 Å². The average Bonchev–Trinajstić information content (AvgIpc) is 2.01. The van der Waals surface area contributed by atoms with Gasteiger partial charge in [-0.3, -0.25) is 0 Å². The minimum absolute atomic E-state index is 0.0839. The Labute approximate surface area is 85.5 Å². The Morgan fingerprint density at radius 3 is 2.36 bits per heavy atom. The summed E-state index contributed by atoms with van der Waals surface area (Å²) >= 11 is 0. The molecule has 0 fully saturated rings. The van der Waals surface area contributed by atoms with Crippen LogP contribution in [0.5, 0.6) is 0 Å². The average molecular weight is 195 g/mol. The first kappa shape index (κ1) is 11.2. The topological polar surface area (TPSA) is 3.24 Å². The fourth-order valence-electron chi connectivity index (χ4n) is 1.50. The molecule has 0 amide bonds. The van der Waals surface area contributed by atoms with Crippen LogP contribution in [-0.2, 0) is 6.54 Å². The lowest BCUT2D eigenvalue weighted by atomic mass is 10.0. The van der Waals surface area contributed by atoms with Crippen LogP contribution in [0.3, 0.4) is 0 Å². The van der Waals surface area contributed by atoms with E-state index in [4.69, 9.17) is 0 Å². The SMILES string of the molecule is CC(C)c1ccc(CN(C)C)cc1F. The van der Waals surface area contributed by atoms with Gasteiger partial charge in [-0.15, -0.1) is 0 Å². The highest BCUT2D eigenvalue weighted by molar-refractivity contribution is 5.26. The molecule has 0 aromatic heterocycles. The van der Waals surface area contributed by atoms with Crippen LogP contribution in [0.1, 0.15) is 30.9 Å². The molecule has 0 aliphatic rings. The van der Waals surface area contributed by atoms with Gasteiger partial charge in [-0.2, -0.15) is 0 Å². The van der Waals surface area contributed by atoms with E-state index in [1.54, 1.807) is 6.07 Å². The Kier molecular flexibility index (Phi) is 3.64. The fourth-order valence-corrected chi connectivity index (χ4v) is 1.50. The standard InChI is InChI=1S/C12H18FN/c1-9(2)11-6-5-10(7-12(11)13)8-14(3)4/h5-7,9H,8H2,1-4H3. The van der Waals surface area contributed by atoms with Crippen molar-refractivity contribution in [3.8, 4) is 0 Å². The number of rotatable bonds is 3. The smallest absolute Gasteiger partial charge is 0.126 e. The number of hydrogen-bond acceptors (Lipinski definition) is 1. The molecule has 1 aromatic carbocycles. The molecule has 0 heterocycles. The quantitative estimate of drug-likeness (QED) is 0.716. The summed E-state index contributed by atoms with van der Waals surface area (Å²) in [6.45, 7) is 4.80. The Balaban J connectivity index is 2.89. The lowest BCUT2D eigenvalue weighted by molar-refractivity contribution is 0.401. The van der Waals surface area contributed by atoms with Gasteiger partial charge in [-0.25, -0.2) is 4.39 Å². The van der Waals surface area contributed by atoms with E-state index in [1.165, 1.54) is 0 Å². The van der Waals surface area contributed by atoms with E-state index >= 15 is 0 Å². The van der Waals surface area contributed by atoms with Gasteiger partial charge in [0.1, 0.15) is 5.82 Å². The Hall–Kier alpha value is -0.890. The van der Waals surface area contributed by atoms with Gasteiger partial charge in [0.25, 0.3) is 0 Å². The molecule has 0 saturated carbocycles. The second kappa shape index (κ2) is 4.56. The zero-order chi connectivity index (χ0) is 10.7. The number of nitrogens with zero attached hydrogens (tertiary/aromatic N) is 1. The number of benzene rings is 1. The summed E-state index contributed by atoms with van der Waals surface area (Å²) in [6.07, 6.45) is 0. The molecule has 0 aliphatic carbocycles. The lowest BCUT2D eigenvalue weighted by Crippen LogP contribution is -2.11. The summed E-state index contributed by atoms with van der Waals surface area (Å²) in [5.74, 6) is 0.169. The summed E-state index contributed by atoms with van der Waals surface area (Å²) in [4.78, 5) is 2.03. The molecule has 0 unspecified atom stereocenters. The summed E-state index contributed by atoms with van der Waals surface area (Å²) in [5.41, 5.74) is 1.82. The van der Waals surface area contributed by atoms with E-state index in [2.05, 4.69) is 0 Å². The van der Waals surface area contributed by atoms with E-state index in [1.807, 2.05) is 45.0 Å². The van der Waals surface area contributed by atoms with Crippen molar-refractivity contribution in [1.29, 1.82) is 0 Å². The zero-order valence-corrected chi connectivity index (χ0v) is 9.34. The van der Waals surface area contributed by atoms with Crippen LogP contribution in [0.4, 0.5) is 4.39 Å². The third-order valence-electron chi connectivity index (χ3n) is 2.19. The maximum Gasteiger partial charge on any atom is 0.126 e. The Bertz CT molecular complexity index is 305. The number of halogens is 1. The predicted molar refractivity (Wildman–Crippen MR) is 57.9 cm³/mol. The van der Waals surface area contributed by atoms with Crippen LogP contribution in [-0.4, -0.2) is 19.0 Å². The van der Waals surface area contributed by atoms with Gasteiger partial charge >= 0.3 is 0 Å². The van der Waals surface area contributed by atoms with Gasteiger partial charge in [0.05, 0.1) is 0 Å². The maximum atomic E-state index is 13.5.